The highest BCUT2D eigenvalue weighted by molar-refractivity contribution is 6.04. The van der Waals surface area contributed by atoms with Crippen LogP contribution in [0.2, 0.25) is 0 Å². The van der Waals surface area contributed by atoms with Gasteiger partial charge in [-0.3, -0.25) is 9.59 Å². The maximum Gasteiger partial charge on any atom is 0.255 e. The van der Waals surface area contributed by atoms with Crippen molar-refractivity contribution in [3.8, 4) is 17.2 Å². The number of nitrogens with zero attached hydrogens (tertiary/aromatic N) is 2. The first-order valence-corrected chi connectivity index (χ1v) is 12.9. The number of rotatable bonds is 10. The van der Waals surface area contributed by atoms with Gasteiger partial charge in [-0.15, -0.1) is 0 Å². The molecule has 0 spiro atoms. The van der Waals surface area contributed by atoms with Gasteiger partial charge in [0.15, 0.2) is 0 Å². The number of carbonyl (C=O) groups is 2. The lowest BCUT2D eigenvalue weighted by Crippen LogP contribution is -2.48. The summed E-state index contributed by atoms with van der Waals surface area (Å²) in [5.41, 5.74) is 2.90. The van der Waals surface area contributed by atoms with E-state index in [2.05, 4.69) is 17.1 Å². The molecule has 1 aliphatic heterocycles. The number of piperazine rings is 1. The zero-order valence-electron chi connectivity index (χ0n) is 22.2. The topological polar surface area (TPSA) is 80.3 Å². The lowest BCUT2D eigenvalue weighted by Gasteiger charge is -2.36. The van der Waals surface area contributed by atoms with Gasteiger partial charge >= 0.3 is 0 Å². The zero-order chi connectivity index (χ0) is 26.9. The first-order valence-electron chi connectivity index (χ1n) is 12.9. The molecule has 0 aromatic heterocycles. The molecule has 3 aromatic carbocycles. The third-order valence-electron chi connectivity index (χ3n) is 6.54. The molecule has 8 nitrogen and oxygen atoms in total. The summed E-state index contributed by atoms with van der Waals surface area (Å²) in [6, 6.07) is 20.2. The van der Waals surface area contributed by atoms with E-state index in [1.807, 2.05) is 41.3 Å². The van der Waals surface area contributed by atoms with Crippen LogP contribution in [-0.4, -0.2) is 63.7 Å². The summed E-state index contributed by atoms with van der Waals surface area (Å²) >= 11 is 0. The van der Waals surface area contributed by atoms with Crippen molar-refractivity contribution in [1.82, 2.24) is 4.90 Å². The van der Waals surface area contributed by atoms with Gasteiger partial charge in [-0.1, -0.05) is 13.3 Å². The lowest BCUT2D eigenvalue weighted by molar-refractivity contribution is 0.0746. The summed E-state index contributed by atoms with van der Waals surface area (Å²) in [6.45, 7) is 5.44. The van der Waals surface area contributed by atoms with E-state index in [0.29, 0.717) is 55.4 Å². The smallest absolute Gasteiger partial charge is 0.255 e. The molecule has 1 aliphatic rings. The molecule has 2 amide bonds. The molecular weight excluding hydrogens is 482 g/mol. The maximum atomic E-state index is 13.1. The molecule has 1 heterocycles. The number of ether oxygens (including phenoxy) is 3. The molecule has 0 atom stereocenters. The lowest BCUT2D eigenvalue weighted by atomic mass is 10.1. The predicted molar refractivity (Wildman–Crippen MR) is 149 cm³/mol. The number of unbranched alkanes of at least 4 members (excludes halogenated alkanes) is 1. The van der Waals surface area contributed by atoms with Gasteiger partial charge in [0.25, 0.3) is 11.8 Å². The Bertz CT molecular complexity index is 1200. The second-order valence-electron chi connectivity index (χ2n) is 9.11. The van der Waals surface area contributed by atoms with Gasteiger partial charge in [-0.2, -0.15) is 0 Å². The molecule has 200 valence electrons. The van der Waals surface area contributed by atoms with E-state index in [1.165, 1.54) is 0 Å². The number of nitrogens with one attached hydrogen (secondary N) is 1. The van der Waals surface area contributed by atoms with Crippen molar-refractivity contribution in [3.05, 3.63) is 77.9 Å². The molecule has 3 aromatic rings. The van der Waals surface area contributed by atoms with Crippen LogP contribution in [0.15, 0.2) is 66.7 Å². The Morgan fingerprint density at radius 2 is 1.42 bits per heavy atom. The molecule has 0 unspecified atom stereocenters. The third kappa shape index (κ3) is 6.76. The van der Waals surface area contributed by atoms with Gasteiger partial charge in [0.1, 0.15) is 17.2 Å². The summed E-state index contributed by atoms with van der Waals surface area (Å²) < 4.78 is 16.3. The molecule has 0 radical (unpaired) electrons. The number of hydrogen-bond donors (Lipinski definition) is 1. The van der Waals surface area contributed by atoms with Crippen LogP contribution in [0.1, 0.15) is 40.5 Å². The van der Waals surface area contributed by atoms with Gasteiger partial charge in [-0.05, 0) is 67.1 Å². The number of hydrogen-bond acceptors (Lipinski definition) is 6. The van der Waals surface area contributed by atoms with Crippen molar-refractivity contribution in [2.75, 3.05) is 57.2 Å². The number of anilines is 2. The molecule has 38 heavy (non-hydrogen) atoms. The van der Waals surface area contributed by atoms with E-state index in [-0.39, 0.29) is 11.8 Å². The SMILES string of the molecule is CCCCOc1ccc(C(=O)Nc2ccc(N3CCN(C(=O)c4cc(OC)cc(OC)c4)CC3)cc2)cc1. The molecule has 0 saturated carbocycles. The van der Waals surface area contributed by atoms with Gasteiger partial charge in [-0.25, -0.2) is 0 Å². The van der Waals surface area contributed by atoms with E-state index in [9.17, 15) is 9.59 Å². The normalized spacial score (nSPS) is 13.1. The van der Waals surface area contributed by atoms with Crippen LogP contribution in [0.4, 0.5) is 11.4 Å². The molecular formula is C30H35N3O5. The van der Waals surface area contributed by atoms with Gasteiger partial charge < -0.3 is 29.3 Å². The van der Waals surface area contributed by atoms with Gasteiger partial charge in [0.2, 0.25) is 0 Å². The highest BCUT2D eigenvalue weighted by Gasteiger charge is 2.23. The van der Waals surface area contributed by atoms with E-state index in [4.69, 9.17) is 14.2 Å². The second-order valence-corrected chi connectivity index (χ2v) is 9.11. The predicted octanol–water partition coefficient (Wildman–Crippen LogP) is 5.10. The highest BCUT2D eigenvalue weighted by Crippen LogP contribution is 2.25. The third-order valence-corrected chi connectivity index (χ3v) is 6.54. The standard InChI is InChI=1S/C30H35N3O5/c1-4-5-18-38-26-12-6-22(7-13-26)29(34)31-24-8-10-25(11-9-24)32-14-16-33(17-15-32)30(35)23-19-27(36-2)21-28(20-23)37-3/h6-13,19-21H,4-5,14-18H2,1-3H3,(H,31,34). The maximum absolute atomic E-state index is 13.1. The first-order chi connectivity index (χ1) is 18.5. The van der Waals surface area contributed by atoms with E-state index < -0.39 is 0 Å². The summed E-state index contributed by atoms with van der Waals surface area (Å²) in [6.07, 6.45) is 2.08. The van der Waals surface area contributed by atoms with E-state index in [0.717, 1.165) is 30.0 Å². The van der Waals surface area contributed by atoms with E-state index >= 15 is 0 Å². The Kier molecular flexibility index (Phi) is 9.08. The van der Waals surface area contributed by atoms with Crippen molar-refractivity contribution in [2.45, 2.75) is 19.8 Å². The minimum atomic E-state index is -0.167. The average Bonchev–Trinajstić information content (AvgIpc) is 2.97. The Hall–Kier alpha value is -4.20. The largest absolute Gasteiger partial charge is 0.497 e. The van der Waals surface area contributed by atoms with E-state index in [1.54, 1.807) is 44.6 Å². The van der Waals surface area contributed by atoms with Crippen molar-refractivity contribution in [3.63, 3.8) is 0 Å². The summed E-state index contributed by atoms with van der Waals surface area (Å²) in [4.78, 5) is 29.8. The van der Waals surface area contributed by atoms with Crippen LogP contribution in [0.25, 0.3) is 0 Å². The summed E-state index contributed by atoms with van der Waals surface area (Å²) in [5, 5.41) is 2.95. The molecule has 0 aliphatic carbocycles. The minimum Gasteiger partial charge on any atom is -0.497 e. The molecule has 1 fully saturated rings. The molecule has 1 saturated heterocycles. The van der Waals surface area contributed by atoms with Crippen LogP contribution in [0, 0.1) is 0 Å². The van der Waals surface area contributed by atoms with Crippen molar-refractivity contribution < 1.29 is 23.8 Å². The van der Waals surface area contributed by atoms with Crippen LogP contribution in [0.5, 0.6) is 17.2 Å². The number of amides is 2. The Morgan fingerprint density at radius 3 is 2.00 bits per heavy atom. The van der Waals surface area contributed by atoms with Crippen LogP contribution in [0.3, 0.4) is 0 Å². The fourth-order valence-corrected chi connectivity index (χ4v) is 4.28. The second kappa shape index (κ2) is 12.9. The van der Waals surface area contributed by atoms with Gasteiger partial charge in [0, 0.05) is 54.7 Å². The fraction of sp³-hybridized carbons (Fsp3) is 0.333. The average molecular weight is 518 g/mol. The van der Waals surface area contributed by atoms with Crippen LogP contribution < -0.4 is 24.4 Å². The Labute approximate surface area is 224 Å². The summed E-state index contributed by atoms with van der Waals surface area (Å²) in [7, 11) is 3.14. The number of methoxy groups -OCH3 is 2. The Morgan fingerprint density at radius 1 is 0.789 bits per heavy atom. The highest BCUT2D eigenvalue weighted by atomic mass is 16.5. The number of benzene rings is 3. The van der Waals surface area contributed by atoms with Crippen LogP contribution >= 0.6 is 0 Å². The van der Waals surface area contributed by atoms with Gasteiger partial charge in [0.05, 0.1) is 20.8 Å². The summed E-state index contributed by atoms with van der Waals surface area (Å²) in [5.74, 6) is 1.74. The first kappa shape index (κ1) is 26.9. The minimum absolute atomic E-state index is 0.0412. The quantitative estimate of drug-likeness (QED) is 0.377. The molecule has 8 heteroatoms. The molecule has 1 N–H and O–H groups in total. The molecule has 0 bridgehead atoms. The number of carbonyl (C=O) groups excluding carboxylic acids is 2. The zero-order valence-corrected chi connectivity index (χ0v) is 22.2. The Balaban J connectivity index is 1.30. The van der Waals surface area contributed by atoms with Crippen molar-refractivity contribution in [2.24, 2.45) is 0 Å². The van der Waals surface area contributed by atoms with Crippen LogP contribution in [-0.2, 0) is 0 Å². The monoisotopic (exact) mass is 517 g/mol. The molecule has 4 rings (SSSR count). The van der Waals surface area contributed by atoms with Crippen molar-refractivity contribution >= 4 is 23.2 Å². The fourth-order valence-electron chi connectivity index (χ4n) is 4.28. The van der Waals surface area contributed by atoms with Crippen molar-refractivity contribution in [1.29, 1.82) is 0 Å².